The van der Waals surface area contributed by atoms with E-state index < -0.39 is 22.2 Å². The number of rotatable bonds is 6. The first kappa shape index (κ1) is 27.6. The molecule has 3 N–H and O–H groups in total. The van der Waals surface area contributed by atoms with Crippen molar-refractivity contribution < 1.29 is 36.3 Å². The molecule has 0 unspecified atom stereocenters. The number of benzene rings is 2. The molecule has 204 valence electrons. The Kier molecular flexibility index (Phi) is 7.37. The highest BCUT2D eigenvalue weighted by molar-refractivity contribution is 7.92. The molecule has 0 saturated heterocycles. The molecule has 2 aromatic heterocycles. The second-order valence-corrected chi connectivity index (χ2v) is 10.6. The van der Waals surface area contributed by atoms with Crippen LogP contribution in [0.25, 0.3) is 16.9 Å². The van der Waals surface area contributed by atoms with Crippen molar-refractivity contribution in [1.29, 1.82) is 0 Å². The van der Waals surface area contributed by atoms with Crippen molar-refractivity contribution in [3.63, 3.8) is 0 Å². The molecule has 0 aliphatic heterocycles. The number of nitrogens with one attached hydrogen (secondary N) is 2. The minimum absolute atomic E-state index is 0.255. The van der Waals surface area contributed by atoms with E-state index in [2.05, 4.69) is 15.0 Å². The predicted molar refractivity (Wildman–Crippen MR) is 138 cm³/mol. The maximum absolute atomic E-state index is 13.3. The number of alkyl halides is 3. The van der Waals surface area contributed by atoms with Gasteiger partial charge in [0.1, 0.15) is 5.82 Å². The average Bonchev–Trinajstić information content (AvgIpc) is 3.55. The van der Waals surface area contributed by atoms with E-state index in [4.69, 9.17) is 9.90 Å². The molecule has 2 heterocycles. The molecule has 0 radical (unpaired) electrons. The van der Waals surface area contributed by atoms with Gasteiger partial charge in [-0.2, -0.15) is 13.2 Å². The highest BCUT2D eigenvalue weighted by Gasteiger charge is 2.46. The van der Waals surface area contributed by atoms with Crippen LogP contribution in [0.15, 0.2) is 79.0 Å². The lowest BCUT2D eigenvalue weighted by molar-refractivity contribution is -0.192. The van der Waals surface area contributed by atoms with Gasteiger partial charge in [0.05, 0.1) is 23.0 Å². The number of carboxylic acids is 1. The average molecular weight is 561 g/mol. The Bertz CT molecular complexity index is 1630. The normalized spacial score (nSPS) is 14.2. The molecule has 2 aromatic carbocycles. The molecule has 1 saturated carbocycles. The van der Waals surface area contributed by atoms with E-state index >= 15 is 0 Å². The van der Waals surface area contributed by atoms with Gasteiger partial charge in [0.25, 0.3) is 5.91 Å². The fraction of sp³-hybridized carbons (Fsp3) is 0.192. The number of aliphatic carboxylic acids is 1. The Balaban J connectivity index is 0.000000448. The molecule has 1 amide bonds. The van der Waals surface area contributed by atoms with Gasteiger partial charge in [0.2, 0.25) is 10.0 Å². The standard InChI is InChI=1S/C24H22N4O3S.C2HF3O2/c1-32(30,31)27-19-12-6-5-11-18(19)22-25-21(20-13-7-8-16-28(20)22)23(29)26-24(14-15-24)17-9-3-2-4-10-17;3-2(4,5)1(6)7/h2-13,16,27H,14-15H2,1H3,(H,26,29);(H,6,7). The summed E-state index contributed by atoms with van der Waals surface area (Å²) in [7, 11) is -3.48. The lowest BCUT2D eigenvalue weighted by atomic mass is 10.0. The first-order valence-electron chi connectivity index (χ1n) is 11.5. The van der Waals surface area contributed by atoms with Crippen molar-refractivity contribution in [1.82, 2.24) is 14.7 Å². The minimum Gasteiger partial charge on any atom is -0.475 e. The molecule has 0 spiro atoms. The number of carboxylic acid groups (broad SMARTS) is 1. The van der Waals surface area contributed by atoms with Crippen molar-refractivity contribution in [2.75, 3.05) is 11.0 Å². The third-order valence-electron chi connectivity index (χ3n) is 5.90. The number of aromatic nitrogens is 2. The van der Waals surface area contributed by atoms with Crippen LogP contribution in [-0.4, -0.2) is 47.2 Å². The van der Waals surface area contributed by atoms with E-state index in [1.54, 1.807) is 28.7 Å². The summed E-state index contributed by atoms with van der Waals surface area (Å²) in [6.07, 6.45) is -0.411. The van der Waals surface area contributed by atoms with Gasteiger partial charge in [0.15, 0.2) is 5.69 Å². The number of nitrogens with zero attached hydrogens (tertiary/aromatic N) is 2. The van der Waals surface area contributed by atoms with Crippen molar-refractivity contribution >= 4 is 33.1 Å². The van der Waals surface area contributed by atoms with Crippen LogP contribution in [0.3, 0.4) is 0 Å². The van der Waals surface area contributed by atoms with E-state index in [0.717, 1.165) is 24.7 Å². The molecule has 0 bridgehead atoms. The summed E-state index contributed by atoms with van der Waals surface area (Å²) in [5, 5.41) is 10.3. The van der Waals surface area contributed by atoms with Crippen molar-refractivity contribution in [3.8, 4) is 11.4 Å². The number of para-hydroxylation sites is 1. The topological polar surface area (TPSA) is 130 Å². The van der Waals surface area contributed by atoms with E-state index in [-0.39, 0.29) is 11.4 Å². The van der Waals surface area contributed by atoms with Crippen LogP contribution < -0.4 is 10.0 Å². The summed E-state index contributed by atoms with van der Waals surface area (Å²) >= 11 is 0. The Hall–Kier alpha value is -4.39. The van der Waals surface area contributed by atoms with Crippen LogP contribution in [0, 0.1) is 0 Å². The Morgan fingerprint density at radius 3 is 2.15 bits per heavy atom. The third-order valence-corrected chi connectivity index (χ3v) is 6.49. The quantitative estimate of drug-likeness (QED) is 0.320. The van der Waals surface area contributed by atoms with E-state index in [1.807, 2.05) is 54.7 Å². The zero-order chi connectivity index (χ0) is 28.4. The molecule has 5 rings (SSSR count). The van der Waals surface area contributed by atoms with Crippen LogP contribution in [0.2, 0.25) is 0 Å². The summed E-state index contributed by atoms with van der Waals surface area (Å²) in [4.78, 5) is 26.9. The largest absolute Gasteiger partial charge is 0.490 e. The smallest absolute Gasteiger partial charge is 0.475 e. The zero-order valence-corrected chi connectivity index (χ0v) is 21.3. The lowest BCUT2D eigenvalue weighted by Crippen LogP contribution is -2.35. The fourth-order valence-electron chi connectivity index (χ4n) is 4.01. The zero-order valence-electron chi connectivity index (χ0n) is 20.4. The number of imidazole rings is 1. The molecule has 39 heavy (non-hydrogen) atoms. The highest BCUT2D eigenvalue weighted by atomic mass is 32.2. The molecule has 1 aliphatic rings. The SMILES string of the molecule is CS(=O)(=O)Nc1ccccc1-c1nc(C(=O)NC2(c3ccccc3)CC2)c2ccccn12.O=C(O)C(F)(F)F. The molecular formula is C26H23F3N4O5S. The van der Waals surface area contributed by atoms with Crippen molar-refractivity contribution in [2.24, 2.45) is 0 Å². The van der Waals surface area contributed by atoms with Crippen molar-refractivity contribution in [3.05, 3.63) is 90.3 Å². The number of fused-ring (bicyclic) bond motifs is 1. The third kappa shape index (κ3) is 6.37. The van der Waals surface area contributed by atoms with Gasteiger partial charge in [-0.15, -0.1) is 0 Å². The lowest BCUT2D eigenvalue weighted by Gasteiger charge is -2.17. The molecule has 9 nitrogen and oxygen atoms in total. The molecule has 1 fully saturated rings. The number of halogens is 3. The molecular weight excluding hydrogens is 537 g/mol. The maximum Gasteiger partial charge on any atom is 0.490 e. The highest BCUT2D eigenvalue weighted by Crippen LogP contribution is 2.45. The molecule has 0 atom stereocenters. The van der Waals surface area contributed by atoms with Crippen LogP contribution >= 0.6 is 0 Å². The van der Waals surface area contributed by atoms with Gasteiger partial charge in [0, 0.05) is 11.8 Å². The van der Waals surface area contributed by atoms with Crippen molar-refractivity contribution in [2.45, 2.75) is 24.6 Å². The number of amides is 1. The van der Waals surface area contributed by atoms with Gasteiger partial charge in [-0.1, -0.05) is 48.5 Å². The van der Waals surface area contributed by atoms with Crippen LogP contribution in [0.5, 0.6) is 0 Å². The maximum atomic E-state index is 13.3. The number of hydrogen-bond acceptors (Lipinski definition) is 5. The second kappa shape index (κ2) is 10.4. The molecule has 4 aromatic rings. The summed E-state index contributed by atoms with van der Waals surface area (Å²) in [5.74, 6) is -2.52. The van der Waals surface area contributed by atoms with Crippen LogP contribution in [0.1, 0.15) is 28.9 Å². The van der Waals surface area contributed by atoms with E-state index in [9.17, 15) is 26.4 Å². The molecule has 13 heteroatoms. The Morgan fingerprint density at radius 1 is 0.974 bits per heavy atom. The van der Waals surface area contributed by atoms with Gasteiger partial charge in [-0.3, -0.25) is 13.9 Å². The predicted octanol–water partition coefficient (Wildman–Crippen LogP) is 4.43. The summed E-state index contributed by atoms with van der Waals surface area (Å²) in [6, 6.07) is 22.5. The number of pyridine rings is 1. The monoisotopic (exact) mass is 560 g/mol. The Labute approximate surface area is 221 Å². The van der Waals surface area contributed by atoms with E-state index in [1.165, 1.54) is 0 Å². The second-order valence-electron chi connectivity index (χ2n) is 8.86. The van der Waals surface area contributed by atoms with Gasteiger partial charge in [-0.25, -0.2) is 18.2 Å². The fourth-order valence-corrected chi connectivity index (χ4v) is 4.58. The van der Waals surface area contributed by atoms with Gasteiger partial charge in [-0.05, 0) is 42.7 Å². The number of anilines is 1. The van der Waals surface area contributed by atoms with Crippen LogP contribution in [0.4, 0.5) is 18.9 Å². The van der Waals surface area contributed by atoms with E-state index in [0.29, 0.717) is 28.3 Å². The first-order chi connectivity index (χ1) is 18.3. The summed E-state index contributed by atoms with van der Waals surface area (Å²) in [5.41, 5.74) is 2.66. The number of hydrogen-bond donors (Lipinski definition) is 3. The summed E-state index contributed by atoms with van der Waals surface area (Å²) in [6.45, 7) is 0. The first-order valence-corrected chi connectivity index (χ1v) is 13.4. The van der Waals surface area contributed by atoms with Gasteiger partial charge >= 0.3 is 12.1 Å². The Morgan fingerprint density at radius 2 is 1.56 bits per heavy atom. The van der Waals surface area contributed by atoms with Gasteiger partial charge < -0.3 is 10.4 Å². The number of sulfonamides is 1. The number of carbonyl (C=O) groups is 2. The summed E-state index contributed by atoms with van der Waals surface area (Å²) < 4.78 is 59.8. The van der Waals surface area contributed by atoms with Crippen LogP contribution in [-0.2, 0) is 20.4 Å². The number of carbonyl (C=O) groups excluding carboxylic acids is 1. The molecule has 1 aliphatic carbocycles. The minimum atomic E-state index is -5.08.